The average Bonchev–Trinajstić information content (AvgIpc) is 2.18. The molecule has 0 bridgehead atoms. The lowest BCUT2D eigenvalue weighted by Gasteiger charge is -2.25. The van der Waals surface area contributed by atoms with Gasteiger partial charge in [0.25, 0.3) is 5.91 Å². The molecule has 18 heavy (non-hydrogen) atoms. The SMILES string of the molecule is Cc1ccc(O)c(C(=O)NC(C)(C)CC(N)=O)c1. The van der Waals surface area contributed by atoms with Gasteiger partial charge in [-0.3, -0.25) is 9.59 Å². The molecule has 1 rings (SSSR count). The summed E-state index contributed by atoms with van der Waals surface area (Å²) in [6, 6.07) is 4.76. The van der Waals surface area contributed by atoms with Gasteiger partial charge >= 0.3 is 0 Å². The van der Waals surface area contributed by atoms with Crippen molar-refractivity contribution in [3.8, 4) is 5.75 Å². The average molecular weight is 250 g/mol. The third kappa shape index (κ3) is 3.76. The second-order valence-electron chi connectivity index (χ2n) is 5.00. The summed E-state index contributed by atoms with van der Waals surface area (Å²) in [5.41, 5.74) is 5.41. The molecule has 0 radical (unpaired) electrons. The number of nitrogens with two attached hydrogens (primary N) is 1. The zero-order valence-electron chi connectivity index (χ0n) is 10.8. The Kier molecular flexibility index (Phi) is 3.96. The van der Waals surface area contributed by atoms with Crippen molar-refractivity contribution in [2.75, 3.05) is 0 Å². The van der Waals surface area contributed by atoms with Gasteiger partial charge in [-0.05, 0) is 32.9 Å². The molecule has 1 aromatic carbocycles. The Morgan fingerprint density at radius 3 is 2.56 bits per heavy atom. The van der Waals surface area contributed by atoms with E-state index in [4.69, 9.17) is 5.73 Å². The molecule has 5 heteroatoms. The number of rotatable bonds is 4. The molecule has 0 atom stereocenters. The van der Waals surface area contributed by atoms with Crippen LogP contribution in [0, 0.1) is 6.92 Å². The Labute approximate surface area is 106 Å². The van der Waals surface area contributed by atoms with Crippen LogP contribution >= 0.6 is 0 Å². The van der Waals surface area contributed by atoms with Crippen LogP contribution in [0.4, 0.5) is 0 Å². The first-order valence-electron chi connectivity index (χ1n) is 5.62. The van der Waals surface area contributed by atoms with E-state index < -0.39 is 17.4 Å². The summed E-state index contributed by atoms with van der Waals surface area (Å²) in [7, 11) is 0. The monoisotopic (exact) mass is 250 g/mol. The molecular weight excluding hydrogens is 232 g/mol. The van der Waals surface area contributed by atoms with Crippen LogP contribution in [0.3, 0.4) is 0 Å². The maximum absolute atomic E-state index is 12.0. The fourth-order valence-electron chi connectivity index (χ4n) is 1.69. The summed E-state index contributed by atoms with van der Waals surface area (Å²) in [4.78, 5) is 22.9. The van der Waals surface area contributed by atoms with Crippen LogP contribution in [0.2, 0.25) is 0 Å². The number of primary amides is 1. The minimum absolute atomic E-state index is 0.0331. The van der Waals surface area contributed by atoms with E-state index in [-0.39, 0.29) is 17.7 Å². The van der Waals surface area contributed by atoms with Crippen LogP contribution in [0.25, 0.3) is 0 Å². The lowest BCUT2D eigenvalue weighted by atomic mass is 9.99. The van der Waals surface area contributed by atoms with Crippen molar-refractivity contribution in [3.63, 3.8) is 0 Å². The van der Waals surface area contributed by atoms with Gasteiger partial charge in [0.1, 0.15) is 5.75 Å². The maximum atomic E-state index is 12.0. The number of phenolic OH excluding ortho intramolecular Hbond substituents is 1. The van der Waals surface area contributed by atoms with Gasteiger partial charge in [0, 0.05) is 12.0 Å². The molecule has 0 saturated heterocycles. The number of benzene rings is 1. The Balaban J connectivity index is 2.88. The number of amides is 2. The van der Waals surface area contributed by atoms with Gasteiger partial charge in [-0.1, -0.05) is 11.6 Å². The third-order valence-electron chi connectivity index (χ3n) is 2.46. The standard InChI is InChI=1S/C13H18N2O3/c1-8-4-5-10(16)9(6-8)12(18)15-13(2,3)7-11(14)17/h4-6,16H,7H2,1-3H3,(H2,14,17)(H,15,18). The minimum atomic E-state index is -0.751. The molecule has 98 valence electrons. The van der Waals surface area contributed by atoms with Crippen molar-refractivity contribution in [3.05, 3.63) is 29.3 Å². The predicted molar refractivity (Wildman–Crippen MR) is 68.2 cm³/mol. The topological polar surface area (TPSA) is 92.4 Å². The first-order valence-corrected chi connectivity index (χ1v) is 5.62. The first kappa shape index (κ1) is 14.0. The van der Waals surface area contributed by atoms with Crippen LogP contribution in [-0.4, -0.2) is 22.5 Å². The molecule has 0 spiro atoms. The second-order valence-corrected chi connectivity index (χ2v) is 5.00. The highest BCUT2D eigenvalue weighted by Gasteiger charge is 2.24. The Morgan fingerprint density at radius 2 is 2.00 bits per heavy atom. The van der Waals surface area contributed by atoms with Gasteiger partial charge in [-0.15, -0.1) is 0 Å². The van der Waals surface area contributed by atoms with E-state index in [0.29, 0.717) is 0 Å². The van der Waals surface area contributed by atoms with Crippen molar-refractivity contribution >= 4 is 11.8 Å². The molecule has 2 amide bonds. The number of phenols is 1. The summed E-state index contributed by atoms with van der Waals surface area (Å²) >= 11 is 0. The maximum Gasteiger partial charge on any atom is 0.255 e. The number of hydrogen-bond acceptors (Lipinski definition) is 3. The van der Waals surface area contributed by atoms with Crippen molar-refractivity contribution in [1.82, 2.24) is 5.32 Å². The molecule has 0 aliphatic rings. The Morgan fingerprint density at radius 1 is 1.39 bits per heavy atom. The summed E-state index contributed by atoms with van der Waals surface area (Å²) in [6.07, 6.45) is 0.0331. The normalized spacial score (nSPS) is 11.1. The van der Waals surface area contributed by atoms with Crippen molar-refractivity contribution < 1.29 is 14.7 Å². The highest BCUT2D eigenvalue weighted by molar-refractivity contribution is 5.97. The van der Waals surface area contributed by atoms with Crippen molar-refractivity contribution in [2.45, 2.75) is 32.7 Å². The molecule has 0 unspecified atom stereocenters. The van der Waals surface area contributed by atoms with Gasteiger partial charge in [-0.2, -0.15) is 0 Å². The van der Waals surface area contributed by atoms with E-state index in [1.165, 1.54) is 6.07 Å². The van der Waals surface area contributed by atoms with Crippen LogP contribution in [0.5, 0.6) is 5.75 Å². The lowest BCUT2D eigenvalue weighted by molar-refractivity contribution is -0.119. The zero-order valence-corrected chi connectivity index (χ0v) is 10.8. The van der Waals surface area contributed by atoms with E-state index in [0.717, 1.165) is 5.56 Å². The second kappa shape index (κ2) is 5.08. The lowest BCUT2D eigenvalue weighted by Crippen LogP contribution is -2.46. The van der Waals surface area contributed by atoms with Crippen LogP contribution in [0.15, 0.2) is 18.2 Å². The molecule has 0 fully saturated rings. The highest BCUT2D eigenvalue weighted by atomic mass is 16.3. The summed E-state index contributed by atoms with van der Waals surface area (Å²) in [6.45, 7) is 5.22. The minimum Gasteiger partial charge on any atom is -0.507 e. The molecule has 0 aliphatic heterocycles. The fourth-order valence-corrected chi connectivity index (χ4v) is 1.69. The number of carbonyl (C=O) groups excluding carboxylic acids is 2. The number of aryl methyl sites for hydroxylation is 1. The van der Waals surface area contributed by atoms with Gasteiger partial charge in [0.05, 0.1) is 5.56 Å². The third-order valence-corrected chi connectivity index (χ3v) is 2.46. The van der Waals surface area contributed by atoms with Gasteiger partial charge in [-0.25, -0.2) is 0 Å². The van der Waals surface area contributed by atoms with E-state index in [2.05, 4.69) is 5.32 Å². The van der Waals surface area contributed by atoms with E-state index in [9.17, 15) is 14.7 Å². The van der Waals surface area contributed by atoms with Gasteiger partial charge in [0.2, 0.25) is 5.91 Å². The Hall–Kier alpha value is -2.04. The van der Waals surface area contributed by atoms with E-state index in [1.54, 1.807) is 26.0 Å². The summed E-state index contributed by atoms with van der Waals surface area (Å²) in [5.74, 6) is -1.01. The highest BCUT2D eigenvalue weighted by Crippen LogP contribution is 2.19. The molecular formula is C13H18N2O3. The fraction of sp³-hybridized carbons (Fsp3) is 0.385. The molecule has 0 heterocycles. The summed E-state index contributed by atoms with van der Waals surface area (Å²) < 4.78 is 0. The van der Waals surface area contributed by atoms with E-state index in [1.807, 2.05) is 6.92 Å². The zero-order chi connectivity index (χ0) is 13.9. The summed E-state index contributed by atoms with van der Waals surface area (Å²) in [5, 5.41) is 12.3. The molecule has 5 nitrogen and oxygen atoms in total. The van der Waals surface area contributed by atoms with Crippen LogP contribution < -0.4 is 11.1 Å². The van der Waals surface area contributed by atoms with Crippen molar-refractivity contribution in [2.24, 2.45) is 5.73 Å². The van der Waals surface area contributed by atoms with Crippen LogP contribution in [0.1, 0.15) is 36.2 Å². The molecule has 0 aliphatic carbocycles. The smallest absolute Gasteiger partial charge is 0.255 e. The van der Waals surface area contributed by atoms with Crippen LogP contribution in [-0.2, 0) is 4.79 Å². The predicted octanol–water partition coefficient (Wildman–Crippen LogP) is 1.08. The molecule has 0 aromatic heterocycles. The number of aromatic hydroxyl groups is 1. The largest absolute Gasteiger partial charge is 0.507 e. The van der Waals surface area contributed by atoms with Gasteiger partial charge in [0.15, 0.2) is 0 Å². The van der Waals surface area contributed by atoms with E-state index >= 15 is 0 Å². The Bertz CT molecular complexity index is 481. The first-order chi connectivity index (χ1) is 8.21. The number of hydrogen-bond donors (Lipinski definition) is 3. The molecule has 1 aromatic rings. The number of carbonyl (C=O) groups is 2. The number of nitrogens with one attached hydrogen (secondary N) is 1. The quantitative estimate of drug-likeness (QED) is 0.746. The van der Waals surface area contributed by atoms with Crippen molar-refractivity contribution in [1.29, 1.82) is 0 Å². The molecule has 4 N–H and O–H groups in total. The van der Waals surface area contributed by atoms with Gasteiger partial charge < -0.3 is 16.2 Å². The molecule has 0 saturated carbocycles.